The highest BCUT2D eigenvalue weighted by molar-refractivity contribution is 8.00. The smallest absolute Gasteiger partial charge is 0.326 e. The van der Waals surface area contributed by atoms with E-state index >= 15 is 0 Å². The number of nitrogens with zero attached hydrogens (tertiary/aromatic N) is 1. The molecule has 7 heteroatoms. The van der Waals surface area contributed by atoms with Crippen LogP contribution in [0.1, 0.15) is 6.92 Å². The molecule has 0 radical (unpaired) electrons. The SMILES string of the molecule is COc1cc(OC)c(NC(=O)N2C[C@H](C)Sc3ccccc32)cc1Cl. The molecule has 2 aromatic rings. The molecular weight excluding hydrogens is 360 g/mol. The average molecular weight is 379 g/mol. The number of halogens is 1. The van der Waals surface area contributed by atoms with Gasteiger partial charge >= 0.3 is 6.03 Å². The minimum Gasteiger partial charge on any atom is -0.495 e. The zero-order valence-electron chi connectivity index (χ0n) is 14.2. The van der Waals surface area contributed by atoms with E-state index in [1.54, 1.807) is 28.8 Å². The van der Waals surface area contributed by atoms with E-state index in [4.69, 9.17) is 21.1 Å². The summed E-state index contributed by atoms with van der Waals surface area (Å²) in [6.07, 6.45) is 0. The van der Waals surface area contributed by atoms with Gasteiger partial charge in [0.05, 0.1) is 30.6 Å². The predicted octanol–water partition coefficient (Wildman–Crippen LogP) is 4.89. The second-order valence-corrected chi connectivity index (χ2v) is 7.51. The first-order chi connectivity index (χ1) is 12.0. The van der Waals surface area contributed by atoms with Gasteiger partial charge in [0.15, 0.2) is 0 Å². The summed E-state index contributed by atoms with van der Waals surface area (Å²) in [5.41, 5.74) is 1.41. The molecule has 3 rings (SSSR count). The highest BCUT2D eigenvalue weighted by atomic mass is 35.5. The molecule has 5 nitrogen and oxygen atoms in total. The lowest BCUT2D eigenvalue weighted by molar-refractivity contribution is 0.256. The number of anilines is 2. The molecule has 2 amide bonds. The van der Waals surface area contributed by atoms with Crippen molar-refractivity contribution in [3.63, 3.8) is 0 Å². The number of urea groups is 1. The second kappa shape index (κ2) is 7.45. The lowest BCUT2D eigenvalue weighted by Gasteiger charge is -2.32. The molecule has 0 aliphatic carbocycles. The van der Waals surface area contributed by atoms with Crippen LogP contribution in [0.3, 0.4) is 0 Å². The fourth-order valence-corrected chi connectivity index (χ4v) is 4.08. The van der Waals surface area contributed by atoms with Gasteiger partial charge in [-0.15, -0.1) is 11.8 Å². The van der Waals surface area contributed by atoms with Gasteiger partial charge in [-0.1, -0.05) is 30.7 Å². The van der Waals surface area contributed by atoms with Gasteiger partial charge in [0.25, 0.3) is 0 Å². The van der Waals surface area contributed by atoms with Crippen molar-refractivity contribution in [2.75, 3.05) is 31.0 Å². The summed E-state index contributed by atoms with van der Waals surface area (Å²) >= 11 is 7.95. The van der Waals surface area contributed by atoms with E-state index in [1.165, 1.54) is 14.2 Å². The van der Waals surface area contributed by atoms with Crippen LogP contribution in [0.4, 0.5) is 16.2 Å². The van der Waals surface area contributed by atoms with E-state index < -0.39 is 0 Å². The third-order valence-electron chi connectivity index (χ3n) is 3.88. The molecule has 0 unspecified atom stereocenters. The van der Waals surface area contributed by atoms with Crippen LogP contribution in [0.5, 0.6) is 11.5 Å². The lowest BCUT2D eigenvalue weighted by Crippen LogP contribution is -2.41. The van der Waals surface area contributed by atoms with E-state index in [0.717, 1.165) is 10.6 Å². The van der Waals surface area contributed by atoms with E-state index in [9.17, 15) is 4.79 Å². The van der Waals surface area contributed by atoms with Crippen molar-refractivity contribution in [2.24, 2.45) is 0 Å². The number of carbonyl (C=O) groups is 1. The zero-order chi connectivity index (χ0) is 18.0. The molecule has 1 aliphatic rings. The number of para-hydroxylation sites is 1. The predicted molar refractivity (Wildman–Crippen MR) is 103 cm³/mol. The Morgan fingerprint density at radius 1 is 1.24 bits per heavy atom. The highest BCUT2D eigenvalue weighted by Gasteiger charge is 2.27. The number of nitrogens with one attached hydrogen (secondary N) is 1. The first kappa shape index (κ1) is 17.8. The van der Waals surface area contributed by atoms with Gasteiger partial charge < -0.3 is 14.8 Å². The first-order valence-corrected chi connectivity index (χ1v) is 9.05. The van der Waals surface area contributed by atoms with Gasteiger partial charge in [0.2, 0.25) is 0 Å². The van der Waals surface area contributed by atoms with Gasteiger partial charge in [-0.25, -0.2) is 4.79 Å². The molecule has 1 heterocycles. The number of methoxy groups -OCH3 is 2. The van der Waals surface area contributed by atoms with Gasteiger partial charge in [-0.2, -0.15) is 0 Å². The number of carbonyl (C=O) groups excluding carboxylic acids is 1. The van der Waals surface area contributed by atoms with Crippen molar-refractivity contribution in [1.82, 2.24) is 0 Å². The van der Waals surface area contributed by atoms with Crippen molar-refractivity contribution < 1.29 is 14.3 Å². The standard InChI is InChI=1S/C18H19ClN2O3S/c1-11-10-21(14-6-4-5-7-17(14)25-11)18(22)20-13-8-12(19)15(23-2)9-16(13)24-3/h4-9,11H,10H2,1-3H3,(H,20,22)/t11-/m0/s1. The molecule has 1 atom stereocenters. The maximum Gasteiger partial charge on any atom is 0.326 e. The number of thioether (sulfide) groups is 1. The molecule has 132 valence electrons. The van der Waals surface area contributed by atoms with Crippen molar-refractivity contribution in [3.05, 3.63) is 41.4 Å². The van der Waals surface area contributed by atoms with Crippen LogP contribution < -0.4 is 19.7 Å². The van der Waals surface area contributed by atoms with Crippen LogP contribution in [-0.2, 0) is 0 Å². The van der Waals surface area contributed by atoms with Crippen LogP contribution in [0.25, 0.3) is 0 Å². The Morgan fingerprint density at radius 3 is 2.68 bits per heavy atom. The van der Waals surface area contributed by atoms with E-state index in [-0.39, 0.29) is 6.03 Å². The molecule has 0 aromatic heterocycles. The van der Waals surface area contributed by atoms with E-state index in [0.29, 0.717) is 34.0 Å². The van der Waals surface area contributed by atoms with Gasteiger partial charge in [-0.05, 0) is 18.2 Å². The molecule has 2 aromatic carbocycles. The summed E-state index contributed by atoms with van der Waals surface area (Å²) in [6, 6.07) is 10.9. The summed E-state index contributed by atoms with van der Waals surface area (Å²) in [4.78, 5) is 15.7. The van der Waals surface area contributed by atoms with Crippen LogP contribution >= 0.6 is 23.4 Å². The quantitative estimate of drug-likeness (QED) is 0.826. The molecule has 1 N–H and O–H groups in total. The zero-order valence-corrected chi connectivity index (χ0v) is 15.8. The molecule has 0 spiro atoms. The topological polar surface area (TPSA) is 50.8 Å². The minimum absolute atomic E-state index is 0.223. The van der Waals surface area contributed by atoms with Crippen LogP contribution in [0.2, 0.25) is 5.02 Å². The molecule has 25 heavy (non-hydrogen) atoms. The average Bonchev–Trinajstić information content (AvgIpc) is 2.61. The van der Waals surface area contributed by atoms with Crippen molar-refractivity contribution in [3.8, 4) is 11.5 Å². The molecule has 0 bridgehead atoms. The Hall–Kier alpha value is -2.05. The molecule has 0 saturated carbocycles. The summed E-state index contributed by atoms with van der Waals surface area (Å²) in [5, 5.41) is 3.61. The minimum atomic E-state index is -0.223. The van der Waals surface area contributed by atoms with Gasteiger partial charge in [0.1, 0.15) is 11.5 Å². The fraction of sp³-hybridized carbons (Fsp3) is 0.278. The second-order valence-electron chi connectivity index (χ2n) is 5.62. The van der Waals surface area contributed by atoms with Crippen molar-refractivity contribution >= 4 is 40.8 Å². The number of amides is 2. The van der Waals surface area contributed by atoms with Gasteiger partial charge in [-0.3, -0.25) is 4.90 Å². The molecule has 1 aliphatic heterocycles. The summed E-state index contributed by atoms with van der Waals surface area (Å²) in [7, 11) is 3.07. The van der Waals surface area contributed by atoms with E-state index in [2.05, 4.69) is 12.2 Å². The Bertz CT molecular complexity index is 800. The highest BCUT2D eigenvalue weighted by Crippen LogP contribution is 2.39. The largest absolute Gasteiger partial charge is 0.495 e. The summed E-state index contributed by atoms with van der Waals surface area (Å²) < 4.78 is 10.5. The number of fused-ring (bicyclic) bond motifs is 1. The number of rotatable bonds is 3. The number of ether oxygens (including phenoxy) is 2. The third kappa shape index (κ3) is 3.65. The third-order valence-corrected chi connectivity index (χ3v) is 5.33. The van der Waals surface area contributed by atoms with Gasteiger partial charge in [0, 0.05) is 22.8 Å². The van der Waals surface area contributed by atoms with Crippen LogP contribution in [0.15, 0.2) is 41.3 Å². The molecular formula is C18H19ClN2O3S. The number of benzene rings is 2. The number of hydrogen-bond acceptors (Lipinski definition) is 4. The monoisotopic (exact) mass is 378 g/mol. The first-order valence-electron chi connectivity index (χ1n) is 7.79. The molecule has 0 fully saturated rings. The Labute approximate surface area is 156 Å². The summed E-state index contributed by atoms with van der Waals surface area (Å²) in [6.45, 7) is 2.73. The maximum atomic E-state index is 12.9. The maximum absolute atomic E-state index is 12.9. The number of hydrogen-bond donors (Lipinski definition) is 1. The van der Waals surface area contributed by atoms with Crippen molar-refractivity contribution in [1.29, 1.82) is 0 Å². The Balaban J connectivity index is 1.89. The molecule has 0 saturated heterocycles. The normalized spacial score (nSPS) is 16.2. The van der Waals surface area contributed by atoms with Crippen LogP contribution in [-0.4, -0.2) is 32.0 Å². The summed E-state index contributed by atoms with van der Waals surface area (Å²) in [5.74, 6) is 0.979. The van der Waals surface area contributed by atoms with Crippen LogP contribution in [0, 0.1) is 0 Å². The Kier molecular flexibility index (Phi) is 5.30. The Morgan fingerprint density at radius 2 is 1.96 bits per heavy atom. The fourth-order valence-electron chi connectivity index (χ4n) is 2.72. The van der Waals surface area contributed by atoms with Crippen molar-refractivity contribution in [2.45, 2.75) is 17.1 Å². The lowest BCUT2D eigenvalue weighted by atomic mass is 10.2. The van der Waals surface area contributed by atoms with E-state index in [1.807, 2.05) is 24.3 Å².